The van der Waals surface area contributed by atoms with E-state index in [4.69, 9.17) is 0 Å². The molecule has 7 heteroatoms. The van der Waals surface area contributed by atoms with Gasteiger partial charge in [-0.2, -0.15) is 8.42 Å². The Hall–Kier alpha value is -5.50. The van der Waals surface area contributed by atoms with E-state index in [0.717, 1.165) is 64.5 Å². The summed E-state index contributed by atoms with van der Waals surface area (Å²) in [5.41, 5.74) is 13.3. The van der Waals surface area contributed by atoms with E-state index >= 15 is 0 Å². The van der Waals surface area contributed by atoms with Crippen molar-refractivity contribution in [3.63, 3.8) is 0 Å². The average molecular weight is 709 g/mol. The van der Waals surface area contributed by atoms with E-state index < -0.39 is 10.1 Å². The lowest BCUT2D eigenvalue weighted by molar-refractivity contribution is -0.539. The number of aryl methyl sites for hydroxylation is 2. The highest BCUT2D eigenvalue weighted by Gasteiger charge is 2.17. The number of nitrogens with zero attached hydrogens (tertiary/aromatic N) is 2. The lowest BCUT2D eigenvalue weighted by Crippen LogP contribution is -2.22. The first-order chi connectivity index (χ1) is 25.1. The second-order valence-electron chi connectivity index (χ2n) is 13.2. The van der Waals surface area contributed by atoms with Crippen molar-refractivity contribution in [1.82, 2.24) is 0 Å². The molecule has 0 spiro atoms. The number of hydrogen-bond acceptors (Lipinski definition) is 4. The lowest BCUT2D eigenvalue weighted by atomic mass is 9.90. The van der Waals surface area contributed by atoms with Crippen LogP contribution in [0.1, 0.15) is 47.2 Å². The van der Waals surface area contributed by atoms with Gasteiger partial charge in [0.25, 0.3) is 10.1 Å². The molecule has 0 bridgehead atoms. The van der Waals surface area contributed by atoms with E-state index in [0.29, 0.717) is 6.54 Å². The molecule has 1 aliphatic rings. The highest BCUT2D eigenvalue weighted by Crippen LogP contribution is 2.33. The lowest BCUT2D eigenvalue weighted by Gasteiger charge is -2.24. The predicted molar refractivity (Wildman–Crippen MR) is 215 cm³/mol. The van der Waals surface area contributed by atoms with Crippen LogP contribution in [-0.2, 0) is 23.2 Å². The Balaban J connectivity index is 1.33. The number of hydrogen-bond donors (Lipinski definition) is 2. The summed E-state index contributed by atoms with van der Waals surface area (Å²) in [5.74, 6) is 0. The minimum absolute atomic E-state index is 0.0982. The molecule has 0 aromatic heterocycles. The van der Waals surface area contributed by atoms with Gasteiger partial charge in [0.15, 0.2) is 12.3 Å². The van der Waals surface area contributed by atoms with Gasteiger partial charge in [0, 0.05) is 47.9 Å². The van der Waals surface area contributed by atoms with E-state index in [1.165, 1.54) is 34.5 Å². The van der Waals surface area contributed by atoms with Gasteiger partial charge in [-0.3, -0.25) is 4.55 Å². The van der Waals surface area contributed by atoms with Crippen LogP contribution in [0.5, 0.6) is 0 Å². The van der Waals surface area contributed by atoms with Crippen molar-refractivity contribution in [3.8, 4) is 0 Å². The third-order valence-electron chi connectivity index (χ3n) is 9.35. The van der Waals surface area contributed by atoms with Crippen LogP contribution < -0.4 is 10.2 Å². The third kappa shape index (κ3) is 9.04. The molecule has 0 fully saturated rings. The second-order valence-corrected chi connectivity index (χ2v) is 14.6. The molecule has 6 rings (SSSR count). The van der Waals surface area contributed by atoms with Crippen molar-refractivity contribution in [1.29, 1.82) is 0 Å². The van der Waals surface area contributed by atoms with Crippen LogP contribution in [0.4, 0.5) is 17.1 Å². The summed E-state index contributed by atoms with van der Waals surface area (Å²) in [6, 6.07) is 40.7. The van der Waals surface area contributed by atoms with Crippen molar-refractivity contribution in [3.05, 3.63) is 185 Å². The quantitative estimate of drug-likeness (QED) is 0.0998. The van der Waals surface area contributed by atoms with Gasteiger partial charge in [0.1, 0.15) is 6.54 Å². The number of allylic oxidation sites excluding steroid dienone is 5. The molecule has 5 aromatic carbocycles. The maximum absolute atomic E-state index is 11.7. The molecule has 0 radical (unpaired) electrons. The Morgan fingerprint density at radius 1 is 0.692 bits per heavy atom. The summed E-state index contributed by atoms with van der Waals surface area (Å²) in [5, 5.41) is 3.52. The molecule has 6 nitrogen and oxygen atoms in total. The summed E-state index contributed by atoms with van der Waals surface area (Å²) >= 11 is 0. The van der Waals surface area contributed by atoms with Crippen molar-refractivity contribution < 1.29 is 17.5 Å². The fourth-order valence-electron chi connectivity index (χ4n) is 6.53. The zero-order valence-corrected chi connectivity index (χ0v) is 31.1. The fraction of sp³-hybridized carbons (Fsp3) is 0.178. The summed E-state index contributed by atoms with van der Waals surface area (Å²) in [7, 11) is -4.27. The zero-order chi connectivity index (χ0) is 36.7. The molecule has 264 valence electrons. The zero-order valence-electron chi connectivity index (χ0n) is 30.3. The minimum Gasteiger partial charge on any atom is -0.367 e. The molecule has 0 saturated carbocycles. The van der Waals surface area contributed by atoms with Crippen LogP contribution >= 0.6 is 0 Å². The standard InChI is InChI=1S/C45H45N3O3S/c1-5-47(31-35-10-7-9-34(4)29-35)42-25-17-38(18-26-42)45(37-15-23-41(24-16-37)46-40-21-13-33(3)14-22-40)39-19-27-43(28-20-39)48(6-2)32-36-11-8-12-44(30-36)52(49,50)51/h7-30H,5-6,31-32H2,1-4H3,(H,49,50,51)/p+1. The molecule has 2 N–H and O–H groups in total. The van der Waals surface area contributed by atoms with Gasteiger partial charge in [-0.1, -0.05) is 77.9 Å². The van der Waals surface area contributed by atoms with Crippen molar-refractivity contribution >= 4 is 38.5 Å². The molecule has 0 amide bonds. The predicted octanol–water partition coefficient (Wildman–Crippen LogP) is 9.92. The van der Waals surface area contributed by atoms with Gasteiger partial charge in [-0.25, -0.2) is 4.58 Å². The van der Waals surface area contributed by atoms with E-state index in [1.807, 2.05) is 6.07 Å². The van der Waals surface area contributed by atoms with Gasteiger partial charge < -0.3 is 10.2 Å². The monoisotopic (exact) mass is 708 g/mol. The van der Waals surface area contributed by atoms with Gasteiger partial charge in [0.05, 0.1) is 4.90 Å². The van der Waals surface area contributed by atoms with Crippen LogP contribution in [0.3, 0.4) is 0 Å². The molecule has 0 unspecified atom stereocenters. The molecule has 1 aliphatic carbocycles. The topological polar surface area (TPSA) is 72.6 Å². The molecular formula is C45H46N3O3S+. The maximum Gasteiger partial charge on any atom is 0.294 e. The molecular weight excluding hydrogens is 663 g/mol. The number of benzene rings is 5. The smallest absolute Gasteiger partial charge is 0.294 e. The summed E-state index contributed by atoms with van der Waals surface area (Å²) in [6.07, 6.45) is 8.87. The van der Waals surface area contributed by atoms with Crippen LogP contribution in [0.15, 0.2) is 156 Å². The summed E-state index contributed by atoms with van der Waals surface area (Å²) in [6.45, 7) is 11.5. The van der Waals surface area contributed by atoms with Crippen molar-refractivity contribution in [2.45, 2.75) is 45.7 Å². The van der Waals surface area contributed by atoms with Gasteiger partial charge in [0.2, 0.25) is 0 Å². The first-order valence-electron chi connectivity index (χ1n) is 17.7. The first-order valence-corrected chi connectivity index (χ1v) is 19.2. The van der Waals surface area contributed by atoms with Crippen LogP contribution in [0.25, 0.3) is 5.57 Å². The van der Waals surface area contributed by atoms with Crippen LogP contribution in [0.2, 0.25) is 0 Å². The molecule has 0 aliphatic heterocycles. The summed E-state index contributed by atoms with van der Waals surface area (Å²) in [4.78, 5) is 2.08. The van der Waals surface area contributed by atoms with Gasteiger partial charge in [-0.15, -0.1) is 0 Å². The Morgan fingerprint density at radius 2 is 1.29 bits per heavy atom. The molecule has 5 aromatic rings. The SMILES string of the molecule is CCN(Cc1cccc(S(=O)(=O)O)c1)c1ccc(C(=C2C=CC(=[N+](CC)Cc3cccc(C)c3)C=C2)c2ccc(Nc3ccc(C)cc3)cc2)cc1. The molecule has 0 saturated heterocycles. The molecule has 52 heavy (non-hydrogen) atoms. The van der Waals surface area contributed by atoms with E-state index in [9.17, 15) is 13.0 Å². The largest absolute Gasteiger partial charge is 0.367 e. The minimum atomic E-state index is -4.27. The van der Waals surface area contributed by atoms with E-state index in [2.05, 4.69) is 164 Å². The molecule has 0 heterocycles. The normalized spacial score (nSPS) is 12.6. The van der Waals surface area contributed by atoms with E-state index in [1.54, 1.807) is 6.07 Å². The Morgan fingerprint density at radius 3 is 1.88 bits per heavy atom. The Kier molecular flexibility index (Phi) is 11.3. The second kappa shape index (κ2) is 16.2. The van der Waals surface area contributed by atoms with Crippen LogP contribution in [-0.4, -0.2) is 36.3 Å². The van der Waals surface area contributed by atoms with Gasteiger partial charge in [-0.05, 0) is 122 Å². The Labute approximate surface area is 308 Å². The fourth-order valence-corrected chi connectivity index (χ4v) is 7.08. The third-order valence-corrected chi connectivity index (χ3v) is 10.2. The molecule has 0 atom stereocenters. The average Bonchev–Trinajstić information content (AvgIpc) is 3.15. The van der Waals surface area contributed by atoms with Crippen molar-refractivity contribution in [2.75, 3.05) is 23.3 Å². The first kappa shape index (κ1) is 36.3. The van der Waals surface area contributed by atoms with Crippen LogP contribution in [0, 0.1) is 13.8 Å². The maximum atomic E-state index is 11.7. The number of anilines is 3. The van der Waals surface area contributed by atoms with Gasteiger partial charge >= 0.3 is 0 Å². The van der Waals surface area contributed by atoms with Crippen molar-refractivity contribution in [2.24, 2.45) is 0 Å². The van der Waals surface area contributed by atoms with E-state index in [-0.39, 0.29) is 4.90 Å². The summed E-state index contributed by atoms with van der Waals surface area (Å²) < 4.78 is 35.4. The number of nitrogens with one attached hydrogen (secondary N) is 1. The Bertz CT molecular complexity index is 2250. The highest BCUT2D eigenvalue weighted by molar-refractivity contribution is 7.85. The number of rotatable bonds is 12. The highest BCUT2D eigenvalue weighted by atomic mass is 32.2.